The highest BCUT2D eigenvalue weighted by Crippen LogP contribution is 2.25. The number of imidazole rings is 1. The molecule has 2 aromatic rings. The summed E-state index contributed by atoms with van der Waals surface area (Å²) in [5, 5.41) is 0. The Morgan fingerprint density at radius 2 is 2.10 bits per heavy atom. The van der Waals surface area contributed by atoms with Crippen LogP contribution in [0.15, 0.2) is 18.5 Å². The first kappa shape index (κ1) is 14.2. The molecule has 2 rings (SSSR count). The molecule has 0 aliphatic heterocycles. The molecule has 20 heavy (non-hydrogen) atoms. The van der Waals surface area contributed by atoms with Gasteiger partial charge in [0.15, 0.2) is 6.61 Å². The normalized spacial score (nSPS) is 11.7. The Morgan fingerprint density at radius 1 is 1.40 bits per heavy atom. The van der Waals surface area contributed by atoms with Gasteiger partial charge in [-0.1, -0.05) is 0 Å². The maximum absolute atomic E-state index is 12.2. The lowest BCUT2D eigenvalue weighted by atomic mass is 10.2. The number of fused-ring (bicyclic) bond motifs is 1. The molecule has 0 unspecified atom stereocenters. The lowest BCUT2D eigenvalue weighted by Gasteiger charge is -2.12. The van der Waals surface area contributed by atoms with E-state index < -0.39 is 18.8 Å². The van der Waals surface area contributed by atoms with Crippen molar-refractivity contribution in [1.82, 2.24) is 9.38 Å². The summed E-state index contributed by atoms with van der Waals surface area (Å²) in [7, 11) is 1.14. The first-order valence-electron chi connectivity index (χ1n) is 5.57. The molecule has 0 amide bonds. The first-order valence-corrected chi connectivity index (χ1v) is 5.57. The predicted molar refractivity (Wildman–Crippen MR) is 62.8 cm³/mol. The number of hydrogen-bond donors (Lipinski definition) is 0. The number of aryl methyl sites for hydroxylation is 1. The van der Waals surface area contributed by atoms with Crippen molar-refractivity contribution in [2.45, 2.75) is 13.1 Å². The van der Waals surface area contributed by atoms with Gasteiger partial charge in [0.2, 0.25) is 0 Å². The van der Waals surface area contributed by atoms with E-state index in [1.165, 1.54) is 16.7 Å². The van der Waals surface area contributed by atoms with Gasteiger partial charge in [0.1, 0.15) is 17.0 Å². The largest absolute Gasteiger partial charge is 0.483 e. The number of carbonyl (C=O) groups is 1. The molecule has 2 aromatic heterocycles. The number of esters is 1. The number of carbonyl (C=O) groups excluding carboxylic acids is 1. The van der Waals surface area contributed by atoms with E-state index >= 15 is 0 Å². The van der Waals surface area contributed by atoms with Gasteiger partial charge in [0.25, 0.3) is 0 Å². The number of pyridine rings is 1. The summed E-state index contributed by atoms with van der Waals surface area (Å²) >= 11 is 0. The van der Waals surface area contributed by atoms with Gasteiger partial charge in [0.05, 0.1) is 12.8 Å². The van der Waals surface area contributed by atoms with Crippen molar-refractivity contribution in [3.63, 3.8) is 0 Å². The van der Waals surface area contributed by atoms with Crippen LogP contribution in [0.5, 0.6) is 5.75 Å². The van der Waals surface area contributed by atoms with Crippen LogP contribution in [0.4, 0.5) is 13.2 Å². The number of nitrogens with zero attached hydrogens (tertiary/aromatic N) is 2. The van der Waals surface area contributed by atoms with Crippen LogP contribution in [0.25, 0.3) is 5.65 Å². The maximum atomic E-state index is 12.2. The minimum absolute atomic E-state index is 0.0957. The van der Waals surface area contributed by atoms with Crippen molar-refractivity contribution < 1.29 is 27.4 Å². The van der Waals surface area contributed by atoms with E-state index in [9.17, 15) is 18.0 Å². The van der Waals surface area contributed by atoms with Crippen LogP contribution in [0.1, 0.15) is 16.1 Å². The summed E-state index contributed by atoms with van der Waals surface area (Å²) in [5.74, 6) is -0.997. The zero-order valence-electron chi connectivity index (χ0n) is 10.7. The molecular weight excluding hydrogens is 277 g/mol. The lowest BCUT2D eigenvalue weighted by molar-refractivity contribution is -0.153. The number of ether oxygens (including phenoxy) is 2. The third-order valence-corrected chi connectivity index (χ3v) is 2.47. The summed E-state index contributed by atoms with van der Waals surface area (Å²) < 4.78 is 47.3. The Kier molecular flexibility index (Phi) is 3.56. The Bertz CT molecular complexity index is 649. The molecule has 2 heterocycles. The molecule has 0 radical (unpaired) electrons. The first-order chi connectivity index (χ1) is 9.30. The van der Waals surface area contributed by atoms with Crippen molar-refractivity contribution in [2.75, 3.05) is 13.7 Å². The molecule has 0 atom stereocenters. The van der Waals surface area contributed by atoms with Crippen LogP contribution in [-0.4, -0.2) is 35.2 Å². The fraction of sp³-hybridized carbons (Fsp3) is 0.333. The summed E-state index contributed by atoms with van der Waals surface area (Å²) in [6.45, 7) is 0.230. The third-order valence-electron chi connectivity index (χ3n) is 2.47. The highest BCUT2D eigenvalue weighted by molar-refractivity contribution is 5.92. The van der Waals surface area contributed by atoms with Gasteiger partial charge in [0, 0.05) is 18.5 Å². The average Bonchev–Trinajstić information content (AvgIpc) is 2.72. The number of halogens is 3. The number of hydrogen-bond acceptors (Lipinski definition) is 4. The molecule has 0 saturated carbocycles. The van der Waals surface area contributed by atoms with Crippen LogP contribution in [0.3, 0.4) is 0 Å². The molecule has 0 spiro atoms. The topological polar surface area (TPSA) is 52.8 Å². The Hall–Kier alpha value is -2.25. The summed E-state index contributed by atoms with van der Waals surface area (Å²) in [5.41, 5.74) is 0.947. The van der Waals surface area contributed by atoms with Gasteiger partial charge in [-0.3, -0.25) is 0 Å². The zero-order valence-corrected chi connectivity index (χ0v) is 10.7. The SMILES string of the molecule is COC(=O)c1cn2cc(C)nc2cc1OCC(F)(F)F. The van der Waals surface area contributed by atoms with Gasteiger partial charge in [-0.05, 0) is 6.92 Å². The molecule has 0 bridgehead atoms. The molecular formula is C12H11F3N2O3. The number of methoxy groups -OCH3 is 1. The van der Waals surface area contributed by atoms with Crippen LogP contribution < -0.4 is 4.74 Å². The summed E-state index contributed by atoms with van der Waals surface area (Å²) in [6.07, 6.45) is -1.53. The minimum Gasteiger partial charge on any atom is -0.483 e. The van der Waals surface area contributed by atoms with Gasteiger partial charge in [-0.25, -0.2) is 9.78 Å². The smallest absolute Gasteiger partial charge is 0.422 e. The van der Waals surface area contributed by atoms with E-state index in [1.807, 2.05) is 0 Å². The molecule has 0 N–H and O–H groups in total. The van der Waals surface area contributed by atoms with Crippen LogP contribution in [-0.2, 0) is 4.74 Å². The quantitative estimate of drug-likeness (QED) is 0.814. The Morgan fingerprint density at radius 3 is 2.70 bits per heavy atom. The van der Waals surface area contributed by atoms with Crippen molar-refractivity contribution in [3.05, 3.63) is 29.7 Å². The van der Waals surface area contributed by atoms with E-state index in [0.717, 1.165) is 7.11 Å². The molecule has 0 aliphatic rings. The molecule has 0 aliphatic carbocycles. The Balaban J connectivity index is 2.45. The standard InChI is InChI=1S/C12H11F3N2O3/c1-7-4-17-5-8(11(18)19-2)9(3-10(17)16-7)20-6-12(13,14)15/h3-5H,6H2,1-2H3. The second kappa shape index (κ2) is 5.03. The van der Waals surface area contributed by atoms with Gasteiger partial charge < -0.3 is 13.9 Å². The van der Waals surface area contributed by atoms with E-state index in [-0.39, 0.29) is 11.3 Å². The van der Waals surface area contributed by atoms with Crippen LogP contribution in [0, 0.1) is 6.92 Å². The van der Waals surface area contributed by atoms with E-state index in [0.29, 0.717) is 11.3 Å². The highest BCUT2D eigenvalue weighted by atomic mass is 19.4. The van der Waals surface area contributed by atoms with Crippen molar-refractivity contribution >= 4 is 11.6 Å². The second-order valence-corrected chi connectivity index (χ2v) is 4.09. The summed E-state index contributed by atoms with van der Waals surface area (Å²) in [6, 6.07) is 1.27. The molecule has 8 heteroatoms. The monoisotopic (exact) mass is 288 g/mol. The Labute approximate surface area is 111 Å². The highest BCUT2D eigenvalue weighted by Gasteiger charge is 2.29. The van der Waals surface area contributed by atoms with Crippen LogP contribution >= 0.6 is 0 Å². The minimum atomic E-state index is -4.50. The van der Waals surface area contributed by atoms with E-state index in [1.54, 1.807) is 13.1 Å². The van der Waals surface area contributed by atoms with Crippen LogP contribution in [0.2, 0.25) is 0 Å². The zero-order chi connectivity index (χ0) is 14.9. The molecule has 0 saturated heterocycles. The predicted octanol–water partition coefficient (Wildman–Crippen LogP) is 2.37. The van der Waals surface area contributed by atoms with Gasteiger partial charge in [-0.15, -0.1) is 0 Å². The average molecular weight is 288 g/mol. The molecule has 0 aromatic carbocycles. The number of aromatic nitrogens is 2. The van der Waals surface area contributed by atoms with Crippen molar-refractivity contribution in [3.8, 4) is 5.75 Å². The summed E-state index contributed by atoms with van der Waals surface area (Å²) in [4.78, 5) is 15.7. The van der Waals surface area contributed by atoms with Crippen molar-refractivity contribution in [1.29, 1.82) is 0 Å². The maximum Gasteiger partial charge on any atom is 0.422 e. The number of alkyl halides is 3. The molecule has 0 fully saturated rings. The lowest BCUT2D eigenvalue weighted by Crippen LogP contribution is -2.20. The van der Waals surface area contributed by atoms with Gasteiger partial charge in [-0.2, -0.15) is 13.2 Å². The van der Waals surface area contributed by atoms with Crippen molar-refractivity contribution in [2.24, 2.45) is 0 Å². The molecule has 5 nitrogen and oxygen atoms in total. The fourth-order valence-corrected chi connectivity index (χ4v) is 1.68. The molecule has 108 valence electrons. The number of rotatable bonds is 3. The van der Waals surface area contributed by atoms with E-state index in [2.05, 4.69) is 14.5 Å². The third kappa shape index (κ3) is 3.01. The van der Waals surface area contributed by atoms with E-state index in [4.69, 9.17) is 0 Å². The van der Waals surface area contributed by atoms with Gasteiger partial charge >= 0.3 is 12.1 Å². The fourth-order valence-electron chi connectivity index (χ4n) is 1.68. The second-order valence-electron chi connectivity index (χ2n) is 4.09.